The van der Waals surface area contributed by atoms with E-state index in [0.29, 0.717) is 22.2 Å². The second-order valence-corrected chi connectivity index (χ2v) is 7.02. The van der Waals surface area contributed by atoms with Gasteiger partial charge < -0.3 is 15.6 Å². The number of amides is 1. The smallest absolute Gasteiger partial charge is 0.282 e. The zero-order valence-electron chi connectivity index (χ0n) is 15.4. The minimum Gasteiger partial charge on any atom is -0.382 e. The Bertz CT molecular complexity index is 1150. The van der Waals surface area contributed by atoms with Crippen LogP contribution in [0.4, 0.5) is 19.0 Å². The number of hydrogen-bond donors (Lipinski definition) is 2. The number of anilines is 1. The number of likely N-dealkylation sites (tertiary alicyclic amines) is 1. The van der Waals surface area contributed by atoms with E-state index in [1.807, 2.05) is 0 Å². The highest BCUT2D eigenvalue weighted by atomic mass is 19.3. The fourth-order valence-corrected chi connectivity index (χ4v) is 3.40. The van der Waals surface area contributed by atoms with Gasteiger partial charge >= 0.3 is 0 Å². The summed E-state index contributed by atoms with van der Waals surface area (Å²) in [4.78, 5) is 32.3. The molecule has 0 radical (unpaired) electrons. The molecule has 6 nitrogen and oxygen atoms in total. The van der Waals surface area contributed by atoms with Crippen LogP contribution in [0.2, 0.25) is 0 Å². The molecule has 0 unspecified atom stereocenters. The number of carbonyl (C=O) groups excluding carboxylic acids is 2. The second kappa shape index (κ2) is 6.61. The van der Waals surface area contributed by atoms with Crippen molar-refractivity contribution >= 4 is 28.4 Å². The summed E-state index contributed by atoms with van der Waals surface area (Å²) in [5.41, 5.74) is 7.17. The Kier molecular flexibility index (Phi) is 4.33. The van der Waals surface area contributed by atoms with Gasteiger partial charge in [-0.25, -0.2) is 18.2 Å². The molecule has 9 heteroatoms. The van der Waals surface area contributed by atoms with Gasteiger partial charge in [-0.1, -0.05) is 6.92 Å². The van der Waals surface area contributed by atoms with E-state index in [1.165, 1.54) is 18.3 Å². The van der Waals surface area contributed by atoms with E-state index in [-0.39, 0.29) is 29.1 Å². The first-order valence-corrected chi connectivity index (χ1v) is 8.97. The fourth-order valence-electron chi connectivity index (χ4n) is 3.40. The highest BCUT2D eigenvalue weighted by Crippen LogP contribution is 2.32. The van der Waals surface area contributed by atoms with Crippen molar-refractivity contribution in [1.29, 1.82) is 0 Å². The van der Waals surface area contributed by atoms with E-state index in [9.17, 15) is 22.8 Å². The Labute approximate surface area is 163 Å². The van der Waals surface area contributed by atoms with E-state index >= 15 is 0 Å². The van der Waals surface area contributed by atoms with Crippen LogP contribution in [0.15, 0.2) is 30.5 Å². The van der Waals surface area contributed by atoms with E-state index in [1.54, 1.807) is 13.0 Å². The van der Waals surface area contributed by atoms with Gasteiger partial charge in [0.15, 0.2) is 5.78 Å². The Balaban J connectivity index is 1.70. The second-order valence-electron chi connectivity index (χ2n) is 7.02. The fraction of sp³-hybridized carbons (Fsp3) is 0.250. The largest absolute Gasteiger partial charge is 0.382 e. The molecule has 0 atom stereocenters. The maximum absolute atomic E-state index is 14.7. The number of fused-ring (bicyclic) bond motifs is 1. The molecular weight excluding hydrogens is 385 g/mol. The normalized spacial score (nSPS) is 15.4. The molecule has 0 spiro atoms. The SMILES string of the molecule is CCC(=O)c1cnc(N)c2[nH]c(-c3ccc(C(=O)N4CC(F)(F)C4)cc3F)cc12. The predicted molar refractivity (Wildman–Crippen MR) is 101 cm³/mol. The number of halogens is 3. The summed E-state index contributed by atoms with van der Waals surface area (Å²) in [7, 11) is 0. The Morgan fingerprint density at radius 2 is 2.00 bits per heavy atom. The first kappa shape index (κ1) is 19.0. The van der Waals surface area contributed by atoms with Gasteiger partial charge in [-0.3, -0.25) is 9.59 Å². The van der Waals surface area contributed by atoms with Gasteiger partial charge in [-0.2, -0.15) is 0 Å². The van der Waals surface area contributed by atoms with Crippen LogP contribution in [-0.2, 0) is 0 Å². The molecule has 0 bridgehead atoms. The number of Topliss-reactive ketones (excluding diaryl/α,β-unsaturated/α-hetero) is 1. The quantitative estimate of drug-likeness (QED) is 0.652. The van der Waals surface area contributed by atoms with Crippen LogP contribution in [0, 0.1) is 5.82 Å². The molecule has 4 rings (SSSR count). The number of nitrogens with zero attached hydrogens (tertiary/aromatic N) is 2. The molecule has 0 aliphatic carbocycles. The summed E-state index contributed by atoms with van der Waals surface area (Å²) in [6.45, 7) is 0.386. The number of ketones is 1. The van der Waals surface area contributed by atoms with Crippen LogP contribution in [0.25, 0.3) is 22.2 Å². The Morgan fingerprint density at radius 3 is 2.62 bits per heavy atom. The molecule has 1 amide bonds. The van der Waals surface area contributed by atoms with Crippen molar-refractivity contribution < 1.29 is 22.8 Å². The predicted octanol–water partition coefficient (Wildman–Crippen LogP) is 3.64. The summed E-state index contributed by atoms with van der Waals surface area (Å²) in [5.74, 6) is -4.20. The van der Waals surface area contributed by atoms with Gasteiger partial charge in [0.05, 0.1) is 18.6 Å². The van der Waals surface area contributed by atoms with E-state index < -0.39 is 30.7 Å². The van der Waals surface area contributed by atoms with Crippen molar-refractivity contribution in [3.05, 3.63) is 47.4 Å². The molecule has 0 saturated carbocycles. The van der Waals surface area contributed by atoms with E-state index in [2.05, 4.69) is 9.97 Å². The van der Waals surface area contributed by atoms with Crippen LogP contribution in [0.1, 0.15) is 34.1 Å². The number of carbonyl (C=O) groups is 2. The van der Waals surface area contributed by atoms with Crippen LogP contribution >= 0.6 is 0 Å². The third kappa shape index (κ3) is 3.22. The number of nitrogens with two attached hydrogens (primary N) is 1. The lowest BCUT2D eigenvalue weighted by molar-refractivity contribution is -0.113. The number of nitrogens with one attached hydrogen (secondary N) is 1. The molecule has 2 aromatic heterocycles. The van der Waals surface area contributed by atoms with Crippen molar-refractivity contribution in [2.45, 2.75) is 19.3 Å². The number of benzene rings is 1. The summed E-state index contributed by atoms with van der Waals surface area (Å²) in [5, 5.41) is 0.529. The summed E-state index contributed by atoms with van der Waals surface area (Å²) in [6.07, 6.45) is 1.67. The van der Waals surface area contributed by atoms with Crippen molar-refractivity contribution in [3.8, 4) is 11.3 Å². The van der Waals surface area contributed by atoms with Crippen molar-refractivity contribution in [3.63, 3.8) is 0 Å². The van der Waals surface area contributed by atoms with Gasteiger partial charge in [-0.05, 0) is 24.3 Å². The molecule has 1 aliphatic rings. The van der Waals surface area contributed by atoms with Crippen LogP contribution in [0.5, 0.6) is 0 Å². The standard InChI is InChI=1S/C20H17F3N4O2/c1-2-16(28)13-7-25-18(24)17-12(13)6-15(26-17)11-4-3-10(5-14(11)21)19(29)27-8-20(22,23)9-27/h3-7,26H,2,8-9H2,1H3,(H2,24,25). The highest BCUT2D eigenvalue weighted by Gasteiger charge is 2.46. The van der Waals surface area contributed by atoms with E-state index in [4.69, 9.17) is 5.73 Å². The number of nitrogen functional groups attached to an aromatic ring is 1. The minimum atomic E-state index is -2.89. The molecule has 1 aromatic carbocycles. The molecule has 1 fully saturated rings. The average molecular weight is 402 g/mol. The van der Waals surface area contributed by atoms with Gasteiger partial charge in [0, 0.05) is 40.4 Å². The van der Waals surface area contributed by atoms with Crippen LogP contribution in [0.3, 0.4) is 0 Å². The van der Waals surface area contributed by atoms with Crippen molar-refractivity contribution in [1.82, 2.24) is 14.9 Å². The molecule has 3 N–H and O–H groups in total. The molecule has 1 aliphatic heterocycles. The summed E-state index contributed by atoms with van der Waals surface area (Å²) >= 11 is 0. The monoisotopic (exact) mass is 402 g/mol. The number of aromatic nitrogens is 2. The number of rotatable bonds is 4. The zero-order chi connectivity index (χ0) is 20.9. The lowest BCUT2D eigenvalue weighted by Gasteiger charge is -2.38. The summed E-state index contributed by atoms with van der Waals surface area (Å²) < 4.78 is 40.7. The summed E-state index contributed by atoms with van der Waals surface area (Å²) in [6, 6.07) is 5.38. The third-order valence-electron chi connectivity index (χ3n) is 4.96. The lowest BCUT2D eigenvalue weighted by atomic mass is 10.0. The van der Waals surface area contributed by atoms with Crippen LogP contribution < -0.4 is 5.73 Å². The number of pyridine rings is 1. The Hall–Kier alpha value is -3.36. The minimum absolute atomic E-state index is 0.0131. The van der Waals surface area contributed by atoms with Gasteiger partial charge in [0.2, 0.25) is 0 Å². The maximum atomic E-state index is 14.7. The number of alkyl halides is 2. The molecule has 1 saturated heterocycles. The van der Waals surface area contributed by atoms with Gasteiger partial charge in [0.25, 0.3) is 11.8 Å². The lowest BCUT2D eigenvalue weighted by Crippen LogP contribution is -2.58. The van der Waals surface area contributed by atoms with Crippen molar-refractivity contribution in [2.75, 3.05) is 18.8 Å². The Morgan fingerprint density at radius 1 is 1.28 bits per heavy atom. The maximum Gasteiger partial charge on any atom is 0.282 e. The third-order valence-corrected chi connectivity index (χ3v) is 4.96. The molecule has 3 aromatic rings. The first-order valence-electron chi connectivity index (χ1n) is 8.97. The number of hydrogen-bond acceptors (Lipinski definition) is 4. The number of aromatic amines is 1. The molecule has 150 valence electrons. The van der Waals surface area contributed by atoms with Gasteiger partial charge in [0.1, 0.15) is 11.6 Å². The van der Waals surface area contributed by atoms with Crippen molar-refractivity contribution in [2.24, 2.45) is 0 Å². The van der Waals surface area contributed by atoms with E-state index in [0.717, 1.165) is 11.0 Å². The number of H-pyrrole nitrogens is 1. The topological polar surface area (TPSA) is 92.1 Å². The van der Waals surface area contributed by atoms with Gasteiger partial charge in [-0.15, -0.1) is 0 Å². The first-order chi connectivity index (χ1) is 13.7. The zero-order valence-corrected chi connectivity index (χ0v) is 15.4. The van der Waals surface area contributed by atoms with Crippen LogP contribution in [-0.4, -0.2) is 45.6 Å². The average Bonchev–Trinajstić information content (AvgIpc) is 3.11. The highest BCUT2D eigenvalue weighted by molar-refractivity contribution is 6.10. The molecule has 3 heterocycles. The molecule has 29 heavy (non-hydrogen) atoms. The molecular formula is C20H17F3N4O2.